The first-order valence-electron chi connectivity index (χ1n) is 19.1. The second-order valence-corrected chi connectivity index (χ2v) is 14.9. The third-order valence-electron chi connectivity index (χ3n) is 10.3. The Balaban J connectivity index is 0.000000148. The maximum Gasteiger partial charge on any atom is 0.131 e. The third kappa shape index (κ3) is 7.27. The molecule has 10 nitrogen and oxygen atoms in total. The number of imidazole rings is 2. The maximum atomic E-state index is 6.21. The topological polar surface area (TPSA) is 96.0 Å². The second kappa shape index (κ2) is 15.1. The molecule has 0 fully saturated rings. The van der Waals surface area contributed by atoms with E-state index in [1.807, 2.05) is 96.7 Å². The van der Waals surface area contributed by atoms with Crippen LogP contribution in [0.3, 0.4) is 0 Å². The zero-order chi connectivity index (χ0) is 39.0. The zero-order valence-electron chi connectivity index (χ0n) is 32.3. The lowest BCUT2D eigenvalue weighted by Gasteiger charge is -2.08. The summed E-state index contributed by atoms with van der Waals surface area (Å²) >= 11 is 6.21. The highest BCUT2D eigenvalue weighted by Crippen LogP contribution is 2.26. The van der Waals surface area contributed by atoms with E-state index in [2.05, 4.69) is 87.3 Å². The summed E-state index contributed by atoms with van der Waals surface area (Å²) in [5, 5.41) is 12.2. The van der Waals surface area contributed by atoms with Crippen molar-refractivity contribution in [2.75, 3.05) is 0 Å². The van der Waals surface area contributed by atoms with Crippen LogP contribution in [0, 0.1) is 13.8 Å². The van der Waals surface area contributed by atoms with E-state index in [-0.39, 0.29) is 0 Å². The Kier molecular flexibility index (Phi) is 9.55. The molecule has 0 aliphatic rings. The molecule has 6 aromatic heterocycles. The number of fused-ring (bicyclic) bond motifs is 6. The van der Waals surface area contributed by atoms with Crippen molar-refractivity contribution < 1.29 is 0 Å². The van der Waals surface area contributed by atoms with Gasteiger partial charge in [0.2, 0.25) is 0 Å². The quantitative estimate of drug-likeness (QED) is 0.153. The minimum Gasteiger partial charge on any atom is -0.337 e. The van der Waals surface area contributed by atoms with E-state index in [1.165, 1.54) is 0 Å². The molecule has 10 rings (SSSR count). The van der Waals surface area contributed by atoms with Crippen LogP contribution < -0.4 is 0 Å². The summed E-state index contributed by atoms with van der Waals surface area (Å²) in [4.78, 5) is 19.5. The van der Waals surface area contributed by atoms with Gasteiger partial charge in [-0.3, -0.25) is 0 Å². The fraction of sp³-hybridized carbons (Fsp3) is 0.174. The van der Waals surface area contributed by atoms with Crippen molar-refractivity contribution in [3.63, 3.8) is 0 Å². The third-order valence-corrected chi connectivity index (χ3v) is 10.5. The van der Waals surface area contributed by atoms with Gasteiger partial charge in [-0.2, -0.15) is 10.2 Å². The summed E-state index contributed by atoms with van der Waals surface area (Å²) in [6.07, 6.45) is 7.28. The maximum absolute atomic E-state index is 6.21. The number of hydrogen-bond donors (Lipinski definition) is 0. The molecule has 0 bridgehead atoms. The highest BCUT2D eigenvalue weighted by molar-refractivity contribution is 6.31. The first kappa shape index (κ1) is 36.0. The van der Waals surface area contributed by atoms with Crippen LogP contribution in [-0.2, 0) is 39.8 Å². The molecule has 4 aromatic carbocycles. The van der Waals surface area contributed by atoms with Crippen molar-refractivity contribution in [3.05, 3.63) is 167 Å². The minimum atomic E-state index is 0.703. The van der Waals surface area contributed by atoms with Crippen LogP contribution >= 0.6 is 11.6 Å². The van der Waals surface area contributed by atoms with Gasteiger partial charge in [-0.1, -0.05) is 90.5 Å². The number of aromatic nitrogens is 10. The van der Waals surface area contributed by atoms with Gasteiger partial charge < -0.3 is 9.13 Å². The SMILES string of the molecule is Cc1cc2c3cc(Cl)ccc3nc(CCc3nc(-c4ccccc4)cn3C)n2n1.Cc1cc2c3ccccc3nc(CCc3nc(-c4ccccc4)cn3C)n2n1. The Morgan fingerprint density at radius 3 is 1.47 bits per heavy atom. The number of benzene rings is 4. The van der Waals surface area contributed by atoms with Crippen LogP contribution in [-0.4, -0.2) is 48.3 Å². The predicted octanol–water partition coefficient (Wildman–Crippen LogP) is 9.41. The molecule has 0 spiro atoms. The summed E-state index contributed by atoms with van der Waals surface area (Å²) in [7, 11) is 4.09. The molecular weight excluding hydrogens is 728 g/mol. The lowest BCUT2D eigenvalue weighted by Crippen LogP contribution is -2.07. The molecule has 0 unspecified atom stereocenters. The molecule has 0 saturated carbocycles. The fourth-order valence-electron chi connectivity index (χ4n) is 7.49. The summed E-state index contributed by atoms with van der Waals surface area (Å²) in [6, 6.07) is 38.8. The van der Waals surface area contributed by atoms with Crippen LogP contribution in [0.1, 0.15) is 34.7 Å². The molecule has 0 aliphatic heterocycles. The largest absolute Gasteiger partial charge is 0.337 e. The van der Waals surface area contributed by atoms with Gasteiger partial charge in [0.05, 0.1) is 44.8 Å². The Morgan fingerprint density at radius 1 is 0.474 bits per heavy atom. The lowest BCUT2D eigenvalue weighted by atomic mass is 10.2. The number of aryl methyl sites for hydroxylation is 8. The number of nitrogens with zero attached hydrogens (tertiary/aromatic N) is 10. The van der Waals surface area contributed by atoms with Crippen molar-refractivity contribution in [3.8, 4) is 22.5 Å². The van der Waals surface area contributed by atoms with Crippen molar-refractivity contribution in [2.45, 2.75) is 39.5 Å². The van der Waals surface area contributed by atoms with Crippen molar-refractivity contribution in [1.82, 2.24) is 48.3 Å². The monoisotopic (exact) mass is 768 g/mol. The fourth-order valence-corrected chi connectivity index (χ4v) is 7.66. The van der Waals surface area contributed by atoms with Gasteiger partial charge in [-0.25, -0.2) is 29.0 Å². The zero-order valence-corrected chi connectivity index (χ0v) is 33.1. The summed E-state index contributed by atoms with van der Waals surface area (Å²) in [5.74, 6) is 3.96. The first-order chi connectivity index (χ1) is 27.8. The smallest absolute Gasteiger partial charge is 0.131 e. The van der Waals surface area contributed by atoms with E-state index < -0.39 is 0 Å². The minimum absolute atomic E-state index is 0.703. The molecule has 10 aromatic rings. The Hall–Kier alpha value is -6.65. The van der Waals surface area contributed by atoms with Gasteiger partial charge in [0.25, 0.3) is 0 Å². The average Bonchev–Trinajstić information content (AvgIpc) is 4.02. The van der Waals surface area contributed by atoms with Crippen molar-refractivity contribution in [1.29, 1.82) is 0 Å². The van der Waals surface area contributed by atoms with E-state index in [0.717, 1.165) is 116 Å². The number of halogens is 1. The van der Waals surface area contributed by atoms with Gasteiger partial charge >= 0.3 is 0 Å². The number of rotatable bonds is 8. The Morgan fingerprint density at radius 2 is 0.930 bits per heavy atom. The summed E-state index contributed by atoms with van der Waals surface area (Å²) < 4.78 is 8.12. The highest BCUT2D eigenvalue weighted by atomic mass is 35.5. The van der Waals surface area contributed by atoms with Gasteiger partial charge in [0.15, 0.2) is 0 Å². The predicted molar refractivity (Wildman–Crippen MR) is 228 cm³/mol. The van der Waals surface area contributed by atoms with Gasteiger partial charge in [0.1, 0.15) is 23.3 Å². The van der Waals surface area contributed by atoms with E-state index in [1.54, 1.807) is 0 Å². The van der Waals surface area contributed by atoms with E-state index in [0.29, 0.717) is 5.02 Å². The van der Waals surface area contributed by atoms with Crippen LogP contribution in [0.25, 0.3) is 55.4 Å². The lowest BCUT2D eigenvalue weighted by molar-refractivity contribution is 0.721. The molecule has 282 valence electrons. The van der Waals surface area contributed by atoms with E-state index >= 15 is 0 Å². The molecule has 6 heterocycles. The van der Waals surface area contributed by atoms with E-state index in [4.69, 9.17) is 31.5 Å². The Bertz CT molecular complexity index is 3030. The molecule has 11 heteroatoms. The standard InChI is InChI=1S/C23H20ClN5.C23H21N5/c1-15-12-21-18-13-17(24)8-9-19(18)25-23(29(21)27-15)11-10-22-26-20(14-28(22)2)16-6-4-3-5-7-16;1-16-14-21-18-10-6-7-11-19(18)24-23(28(21)26-16)13-12-22-25-20(15-27(22)2)17-8-4-3-5-9-17/h3-9,12-14H,10-11H2,1-2H3;3-11,14-15H,12-13H2,1-2H3. The van der Waals surface area contributed by atoms with Crippen LogP contribution in [0.15, 0.2) is 128 Å². The second-order valence-electron chi connectivity index (χ2n) is 14.4. The molecule has 0 N–H and O–H groups in total. The molecule has 0 radical (unpaired) electrons. The molecule has 57 heavy (non-hydrogen) atoms. The van der Waals surface area contributed by atoms with Crippen molar-refractivity contribution >= 4 is 44.4 Å². The van der Waals surface area contributed by atoms with Gasteiger partial charge in [0, 0.05) is 79.1 Å². The van der Waals surface area contributed by atoms with E-state index in [9.17, 15) is 0 Å². The van der Waals surface area contributed by atoms with Crippen LogP contribution in [0.5, 0.6) is 0 Å². The number of para-hydroxylation sites is 1. The highest BCUT2D eigenvalue weighted by Gasteiger charge is 2.15. The van der Waals surface area contributed by atoms with Crippen LogP contribution in [0.4, 0.5) is 0 Å². The summed E-state index contributed by atoms with van der Waals surface area (Å²) in [5.41, 5.74) is 10.3. The number of hydrogen-bond acceptors (Lipinski definition) is 6. The molecule has 0 amide bonds. The molecule has 0 atom stereocenters. The average molecular weight is 769 g/mol. The molecule has 0 saturated heterocycles. The van der Waals surface area contributed by atoms with Crippen LogP contribution in [0.2, 0.25) is 5.02 Å². The van der Waals surface area contributed by atoms with Crippen molar-refractivity contribution in [2.24, 2.45) is 14.1 Å². The molecule has 0 aliphatic carbocycles. The summed E-state index contributed by atoms with van der Waals surface area (Å²) in [6.45, 7) is 4.02. The Labute approximate surface area is 335 Å². The first-order valence-corrected chi connectivity index (χ1v) is 19.5. The normalized spacial score (nSPS) is 11.5. The van der Waals surface area contributed by atoms with Gasteiger partial charge in [-0.15, -0.1) is 0 Å². The molecular formula is C46H41ClN10. The van der Waals surface area contributed by atoms with Gasteiger partial charge in [-0.05, 0) is 50.2 Å².